The van der Waals surface area contributed by atoms with Crippen LogP contribution in [0.25, 0.3) is 0 Å². The summed E-state index contributed by atoms with van der Waals surface area (Å²) < 4.78 is 5.33. The van der Waals surface area contributed by atoms with Crippen LogP contribution < -0.4 is 17.4 Å². The van der Waals surface area contributed by atoms with Gasteiger partial charge in [-0.05, 0) is 5.56 Å². The zero-order chi connectivity index (χ0) is 13.0. The third-order valence-electron chi connectivity index (χ3n) is 3.27. The Morgan fingerprint density at radius 1 is 1.37 bits per heavy atom. The summed E-state index contributed by atoms with van der Waals surface area (Å²) in [6.07, 6.45) is 1.82. The van der Waals surface area contributed by atoms with Crippen LogP contribution in [0, 0.1) is 5.92 Å². The molecule has 0 bridgehead atoms. The molecule has 1 heterocycles. The number of rotatable bonds is 4. The van der Waals surface area contributed by atoms with Crippen molar-refractivity contribution in [2.24, 2.45) is 5.92 Å². The highest BCUT2D eigenvalue weighted by atomic mass is 35.5. The molecule has 0 aromatic heterocycles. The van der Waals surface area contributed by atoms with Gasteiger partial charge in [0.25, 0.3) is 0 Å². The van der Waals surface area contributed by atoms with E-state index in [1.165, 1.54) is 5.71 Å². The molecule has 0 fully saturated rings. The third kappa shape index (κ3) is 4.35. The van der Waals surface area contributed by atoms with Crippen LogP contribution in [0.3, 0.4) is 0 Å². The van der Waals surface area contributed by atoms with Crippen molar-refractivity contribution < 1.29 is 26.9 Å². The van der Waals surface area contributed by atoms with E-state index in [2.05, 4.69) is 18.8 Å². The summed E-state index contributed by atoms with van der Waals surface area (Å²) in [5, 5.41) is 0. The molecule has 1 atom stereocenters. The Kier molecular flexibility index (Phi) is 6.03. The maximum atomic E-state index is 11.9. The van der Waals surface area contributed by atoms with Crippen molar-refractivity contribution in [3.8, 4) is 0 Å². The predicted octanol–water partition coefficient (Wildman–Crippen LogP) is -1.93. The molecular weight excluding hydrogens is 262 g/mol. The smallest absolute Gasteiger partial charge is 0.375 e. The minimum atomic E-state index is -0.161. The minimum absolute atomic E-state index is 0. The number of nitrogens with one attached hydrogen (secondary N) is 1. The highest BCUT2D eigenvalue weighted by molar-refractivity contribution is 5.85. The molecule has 0 saturated heterocycles. The van der Waals surface area contributed by atoms with Gasteiger partial charge in [0.15, 0.2) is 5.71 Å². The van der Waals surface area contributed by atoms with Crippen LogP contribution in [0.5, 0.6) is 0 Å². The number of carbonyl (C=O) groups is 1. The van der Waals surface area contributed by atoms with Gasteiger partial charge in [-0.15, -0.1) is 0 Å². The zero-order valence-electron chi connectivity index (χ0n) is 11.4. The number of carbonyl (C=O) groups excluding carboxylic acids is 1. The number of esters is 1. The van der Waals surface area contributed by atoms with Gasteiger partial charge in [-0.3, -0.25) is 0 Å². The molecule has 1 aliphatic heterocycles. The number of hydrogen-bond donors (Lipinski definition) is 1. The molecule has 0 unspecified atom stereocenters. The predicted molar refractivity (Wildman–Crippen MR) is 70.1 cm³/mol. The molecule has 2 rings (SSSR count). The van der Waals surface area contributed by atoms with Gasteiger partial charge in [-0.25, -0.2) is 9.79 Å². The van der Waals surface area contributed by atoms with Gasteiger partial charge >= 0.3 is 5.97 Å². The zero-order valence-corrected chi connectivity index (χ0v) is 12.1. The van der Waals surface area contributed by atoms with E-state index in [4.69, 9.17) is 4.74 Å². The van der Waals surface area contributed by atoms with Gasteiger partial charge in [-0.1, -0.05) is 44.2 Å². The lowest BCUT2D eigenvalue weighted by Crippen LogP contribution is -3.00. The van der Waals surface area contributed by atoms with Gasteiger partial charge in [0, 0.05) is 18.8 Å². The third-order valence-corrected chi connectivity index (χ3v) is 3.27. The lowest BCUT2D eigenvalue weighted by atomic mass is 10.1. The first kappa shape index (κ1) is 15.7. The summed E-state index contributed by atoms with van der Waals surface area (Å²) in [5.41, 5.74) is 2.29. The van der Waals surface area contributed by atoms with Gasteiger partial charge in [0.05, 0.1) is 0 Å². The molecule has 0 saturated carbocycles. The number of ether oxygens (including phenoxy) is 1. The first-order valence-electron chi connectivity index (χ1n) is 6.49. The molecule has 1 N–H and O–H groups in total. The fraction of sp³-hybridized carbons (Fsp3) is 0.467. The van der Waals surface area contributed by atoms with Crippen LogP contribution in [0.2, 0.25) is 0 Å². The van der Waals surface area contributed by atoms with E-state index in [0.29, 0.717) is 12.5 Å². The Bertz CT molecular complexity index is 443. The van der Waals surface area contributed by atoms with E-state index in [9.17, 15) is 4.79 Å². The molecule has 3 nitrogen and oxygen atoms in total. The minimum Gasteiger partial charge on any atom is -1.00 e. The van der Waals surface area contributed by atoms with E-state index >= 15 is 0 Å². The largest absolute Gasteiger partial charge is 1.00 e. The fourth-order valence-corrected chi connectivity index (χ4v) is 2.13. The van der Waals surface area contributed by atoms with Crippen molar-refractivity contribution in [3.05, 3.63) is 35.9 Å². The highest BCUT2D eigenvalue weighted by Gasteiger charge is 2.33. The first-order valence-corrected chi connectivity index (χ1v) is 6.49. The van der Waals surface area contributed by atoms with Crippen molar-refractivity contribution >= 4 is 11.7 Å². The van der Waals surface area contributed by atoms with E-state index in [-0.39, 0.29) is 24.4 Å². The van der Waals surface area contributed by atoms with Crippen LogP contribution in [0.1, 0.15) is 32.3 Å². The van der Waals surface area contributed by atoms with Crippen LogP contribution in [-0.2, 0) is 16.1 Å². The number of halogens is 1. The molecule has 4 heteroatoms. The second kappa shape index (κ2) is 7.29. The standard InChI is InChI=1S/C15H19NO2.ClH/c1-11(2)13-8-9-14(16-13)15(17)18-10-12-6-4-3-5-7-12;/h3-7,11,14H,8-10H2,1-2H3;1H/t14-;/m0./s1. The molecule has 1 aliphatic rings. The average molecular weight is 282 g/mol. The van der Waals surface area contributed by atoms with Crippen LogP contribution in [-0.4, -0.2) is 17.7 Å². The van der Waals surface area contributed by atoms with Crippen LogP contribution in [0.4, 0.5) is 0 Å². The first-order chi connectivity index (χ1) is 8.66. The lowest BCUT2D eigenvalue weighted by Gasteiger charge is -2.05. The van der Waals surface area contributed by atoms with Crippen molar-refractivity contribution in [1.82, 2.24) is 0 Å². The lowest BCUT2D eigenvalue weighted by molar-refractivity contribution is -0.483. The molecule has 1 aromatic rings. The second-order valence-corrected chi connectivity index (χ2v) is 5.01. The summed E-state index contributed by atoms with van der Waals surface area (Å²) in [6, 6.07) is 9.60. The normalized spacial score (nSPS) is 17.8. The van der Waals surface area contributed by atoms with Gasteiger partial charge in [0.1, 0.15) is 6.61 Å². The molecule has 0 aliphatic carbocycles. The topological polar surface area (TPSA) is 40.3 Å². The van der Waals surface area contributed by atoms with E-state index in [1.54, 1.807) is 0 Å². The maximum Gasteiger partial charge on any atom is 0.375 e. The molecule has 1 aromatic carbocycles. The molecule has 0 amide bonds. The van der Waals surface area contributed by atoms with E-state index < -0.39 is 0 Å². The highest BCUT2D eigenvalue weighted by Crippen LogP contribution is 2.08. The molecule has 19 heavy (non-hydrogen) atoms. The Morgan fingerprint density at radius 3 is 2.63 bits per heavy atom. The van der Waals surface area contributed by atoms with Crippen LogP contribution in [0.15, 0.2) is 30.3 Å². The second-order valence-electron chi connectivity index (χ2n) is 5.01. The quantitative estimate of drug-likeness (QED) is 0.654. The molecule has 0 radical (unpaired) electrons. The SMILES string of the molecule is CC(C)C1=[NH+][C@H](C(=O)OCc2ccccc2)CC1.[Cl-]. The van der Waals surface area contributed by atoms with E-state index in [1.807, 2.05) is 30.3 Å². The summed E-state index contributed by atoms with van der Waals surface area (Å²) >= 11 is 0. The van der Waals surface area contributed by atoms with Crippen molar-refractivity contribution in [1.29, 1.82) is 0 Å². The van der Waals surface area contributed by atoms with Crippen molar-refractivity contribution in [2.75, 3.05) is 0 Å². The molecule has 0 spiro atoms. The maximum absolute atomic E-state index is 11.9. The van der Waals surface area contributed by atoms with Crippen molar-refractivity contribution in [2.45, 2.75) is 39.3 Å². The van der Waals surface area contributed by atoms with Gasteiger partial charge in [0.2, 0.25) is 6.04 Å². The molecule has 104 valence electrons. The Labute approximate surface area is 120 Å². The monoisotopic (exact) mass is 281 g/mol. The fourth-order valence-electron chi connectivity index (χ4n) is 2.13. The summed E-state index contributed by atoms with van der Waals surface area (Å²) in [6.45, 7) is 4.63. The number of benzene rings is 1. The van der Waals surface area contributed by atoms with Crippen LogP contribution >= 0.6 is 0 Å². The number of hydrogen-bond acceptors (Lipinski definition) is 2. The molecular formula is C15H20ClNO2. The van der Waals surface area contributed by atoms with Gasteiger partial charge in [-0.2, -0.15) is 0 Å². The summed E-state index contributed by atoms with van der Waals surface area (Å²) in [4.78, 5) is 15.2. The summed E-state index contributed by atoms with van der Waals surface area (Å²) in [7, 11) is 0. The Morgan fingerprint density at radius 2 is 2.05 bits per heavy atom. The Hall–Kier alpha value is -1.35. The van der Waals surface area contributed by atoms with Gasteiger partial charge < -0.3 is 17.1 Å². The van der Waals surface area contributed by atoms with E-state index in [0.717, 1.165) is 18.4 Å². The summed E-state index contributed by atoms with van der Waals surface area (Å²) in [5.74, 6) is 0.339. The van der Waals surface area contributed by atoms with Crippen molar-refractivity contribution in [3.63, 3.8) is 0 Å². The average Bonchev–Trinajstić information content (AvgIpc) is 2.87. The Balaban J connectivity index is 0.00000180.